The lowest BCUT2D eigenvalue weighted by Crippen LogP contribution is -2.32. The van der Waals surface area contributed by atoms with E-state index in [1.165, 1.54) is 18.2 Å². The van der Waals surface area contributed by atoms with Crippen LogP contribution in [0, 0.1) is 11.6 Å². The monoisotopic (exact) mass is 227 g/mol. The van der Waals surface area contributed by atoms with Gasteiger partial charge < -0.3 is 5.11 Å². The first-order valence-corrected chi connectivity index (χ1v) is 5.50. The fourth-order valence-corrected chi connectivity index (χ4v) is 2.20. The minimum absolute atomic E-state index is 0.0407. The van der Waals surface area contributed by atoms with Crippen LogP contribution in [0.1, 0.15) is 18.4 Å². The molecule has 1 atom stereocenters. The lowest BCUT2D eigenvalue weighted by molar-refractivity contribution is 0.151. The van der Waals surface area contributed by atoms with Gasteiger partial charge in [0.2, 0.25) is 0 Å². The second-order valence-corrected chi connectivity index (χ2v) is 4.15. The highest BCUT2D eigenvalue weighted by atomic mass is 19.1. The van der Waals surface area contributed by atoms with Crippen molar-refractivity contribution in [3.05, 3.63) is 35.4 Å². The first kappa shape index (κ1) is 11.5. The van der Waals surface area contributed by atoms with Gasteiger partial charge in [-0.2, -0.15) is 0 Å². The van der Waals surface area contributed by atoms with E-state index < -0.39 is 11.6 Å². The Morgan fingerprint density at radius 2 is 2.00 bits per heavy atom. The van der Waals surface area contributed by atoms with Crippen molar-refractivity contribution in [2.75, 3.05) is 13.2 Å². The van der Waals surface area contributed by atoms with Gasteiger partial charge in [-0.15, -0.1) is 0 Å². The molecule has 1 aromatic rings. The van der Waals surface area contributed by atoms with Crippen LogP contribution in [-0.2, 0) is 6.54 Å². The average molecular weight is 227 g/mol. The molecular formula is C12H15F2NO. The van der Waals surface area contributed by atoms with Gasteiger partial charge in [-0.25, -0.2) is 8.78 Å². The standard InChI is InChI=1S/C12H15F2NO/c13-11-4-1-5-12(14)10(11)7-15-6-2-3-9(15)8-16/h1,4-5,9,16H,2-3,6-8H2. The maximum atomic E-state index is 13.4. The summed E-state index contributed by atoms with van der Waals surface area (Å²) < 4.78 is 26.8. The van der Waals surface area contributed by atoms with Gasteiger partial charge >= 0.3 is 0 Å². The highest BCUT2D eigenvalue weighted by molar-refractivity contribution is 5.19. The quantitative estimate of drug-likeness (QED) is 0.852. The Morgan fingerprint density at radius 3 is 2.62 bits per heavy atom. The Hall–Kier alpha value is -1.00. The summed E-state index contributed by atoms with van der Waals surface area (Å²) in [4.78, 5) is 1.93. The van der Waals surface area contributed by atoms with Crippen molar-refractivity contribution in [3.63, 3.8) is 0 Å². The van der Waals surface area contributed by atoms with Crippen LogP contribution in [0.4, 0.5) is 8.78 Å². The molecule has 1 saturated heterocycles. The van der Waals surface area contributed by atoms with E-state index in [-0.39, 0.29) is 24.8 Å². The maximum Gasteiger partial charge on any atom is 0.130 e. The molecule has 1 aliphatic rings. The average Bonchev–Trinajstić information content (AvgIpc) is 2.71. The SMILES string of the molecule is OCC1CCCN1Cc1c(F)cccc1F. The summed E-state index contributed by atoms with van der Waals surface area (Å²) in [7, 11) is 0. The van der Waals surface area contributed by atoms with Gasteiger partial charge in [0.25, 0.3) is 0 Å². The van der Waals surface area contributed by atoms with Crippen molar-refractivity contribution in [2.24, 2.45) is 0 Å². The summed E-state index contributed by atoms with van der Waals surface area (Å²) in [5, 5.41) is 9.12. The van der Waals surface area contributed by atoms with E-state index in [0.717, 1.165) is 19.4 Å². The first-order valence-electron chi connectivity index (χ1n) is 5.50. The molecule has 2 rings (SSSR count). The molecule has 4 heteroatoms. The van der Waals surface area contributed by atoms with Crippen LogP contribution in [0.5, 0.6) is 0 Å². The maximum absolute atomic E-state index is 13.4. The molecule has 1 heterocycles. The molecule has 0 aliphatic carbocycles. The third kappa shape index (κ3) is 2.23. The molecule has 0 spiro atoms. The van der Waals surface area contributed by atoms with Crippen LogP contribution in [-0.4, -0.2) is 29.2 Å². The van der Waals surface area contributed by atoms with Crippen molar-refractivity contribution < 1.29 is 13.9 Å². The zero-order chi connectivity index (χ0) is 11.5. The molecule has 1 aliphatic heterocycles. The smallest absolute Gasteiger partial charge is 0.130 e. The van der Waals surface area contributed by atoms with Gasteiger partial charge in [0.15, 0.2) is 0 Å². The number of hydrogen-bond acceptors (Lipinski definition) is 2. The lowest BCUT2D eigenvalue weighted by atomic mass is 10.1. The molecule has 2 nitrogen and oxygen atoms in total. The fourth-order valence-electron chi connectivity index (χ4n) is 2.20. The number of aliphatic hydroxyl groups excluding tert-OH is 1. The van der Waals surface area contributed by atoms with E-state index in [1.54, 1.807) is 0 Å². The molecule has 0 amide bonds. The van der Waals surface area contributed by atoms with E-state index in [0.29, 0.717) is 0 Å². The van der Waals surface area contributed by atoms with Crippen LogP contribution in [0.2, 0.25) is 0 Å². The van der Waals surface area contributed by atoms with Crippen LogP contribution < -0.4 is 0 Å². The van der Waals surface area contributed by atoms with E-state index in [4.69, 9.17) is 5.11 Å². The highest BCUT2D eigenvalue weighted by Crippen LogP contribution is 2.22. The molecule has 1 fully saturated rings. The largest absolute Gasteiger partial charge is 0.395 e. The Morgan fingerprint density at radius 1 is 1.31 bits per heavy atom. The van der Waals surface area contributed by atoms with Gasteiger partial charge in [-0.05, 0) is 31.5 Å². The first-order chi connectivity index (χ1) is 7.72. The highest BCUT2D eigenvalue weighted by Gasteiger charge is 2.25. The Labute approximate surface area is 93.5 Å². The zero-order valence-electron chi connectivity index (χ0n) is 9.00. The zero-order valence-corrected chi connectivity index (χ0v) is 9.00. The third-order valence-electron chi connectivity index (χ3n) is 3.13. The second kappa shape index (κ2) is 4.89. The second-order valence-electron chi connectivity index (χ2n) is 4.15. The summed E-state index contributed by atoms with van der Waals surface area (Å²) in [5.41, 5.74) is 0.0999. The van der Waals surface area contributed by atoms with Gasteiger partial charge in [0.05, 0.1) is 6.61 Å². The van der Waals surface area contributed by atoms with E-state index in [1.807, 2.05) is 4.90 Å². The molecule has 0 saturated carbocycles. The summed E-state index contributed by atoms with van der Waals surface area (Å²) >= 11 is 0. The molecule has 0 aromatic heterocycles. The van der Waals surface area contributed by atoms with Crippen molar-refractivity contribution in [1.82, 2.24) is 4.90 Å². The topological polar surface area (TPSA) is 23.5 Å². The summed E-state index contributed by atoms with van der Waals surface area (Å²) in [5.74, 6) is -1.02. The van der Waals surface area contributed by atoms with Crippen LogP contribution in [0.15, 0.2) is 18.2 Å². The molecule has 0 bridgehead atoms. The fraction of sp³-hybridized carbons (Fsp3) is 0.500. The molecule has 0 radical (unpaired) electrons. The van der Waals surface area contributed by atoms with Crippen molar-refractivity contribution in [1.29, 1.82) is 0 Å². The van der Waals surface area contributed by atoms with Crippen LogP contribution in [0.25, 0.3) is 0 Å². The summed E-state index contributed by atoms with van der Waals surface area (Å²) in [6, 6.07) is 3.94. The normalized spacial score (nSPS) is 21.6. The number of nitrogens with zero attached hydrogens (tertiary/aromatic N) is 1. The van der Waals surface area contributed by atoms with E-state index >= 15 is 0 Å². The van der Waals surface area contributed by atoms with Crippen molar-refractivity contribution in [3.8, 4) is 0 Å². The van der Waals surface area contributed by atoms with Gasteiger partial charge in [-0.3, -0.25) is 4.90 Å². The van der Waals surface area contributed by atoms with Crippen molar-refractivity contribution >= 4 is 0 Å². The molecule has 1 N–H and O–H groups in total. The van der Waals surface area contributed by atoms with Crippen molar-refractivity contribution in [2.45, 2.75) is 25.4 Å². The van der Waals surface area contributed by atoms with Crippen LogP contribution >= 0.6 is 0 Å². The number of benzene rings is 1. The van der Waals surface area contributed by atoms with E-state index in [2.05, 4.69) is 0 Å². The van der Waals surface area contributed by atoms with E-state index in [9.17, 15) is 8.78 Å². The van der Waals surface area contributed by atoms with Gasteiger partial charge in [-0.1, -0.05) is 6.07 Å². The lowest BCUT2D eigenvalue weighted by Gasteiger charge is -2.22. The van der Waals surface area contributed by atoms with Crippen LogP contribution in [0.3, 0.4) is 0 Å². The molecule has 1 unspecified atom stereocenters. The number of aliphatic hydroxyl groups is 1. The number of hydrogen-bond donors (Lipinski definition) is 1. The van der Waals surface area contributed by atoms with Gasteiger partial charge in [0, 0.05) is 18.2 Å². The summed E-state index contributed by atoms with van der Waals surface area (Å²) in [6.07, 6.45) is 1.87. The number of rotatable bonds is 3. The Balaban J connectivity index is 2.14. The minimum Gasteiger partial charge on any atom is -0.395 e. The van der Waals surface area contributed by atoms with Gasteiger partial charge in [0.1, 0.15) is 11.6 Å². The summed E-state index contributed by atoms with van der Waals surface area (Å²) in [6.45, 7) is 1.08. The Bertz CT molecular complexity index is 350. The predicted octanol–water partition coefficient (Wildman–Crippen LogP) is 1.92. The third-order valence-corrected chi connectivity index (χ3v) is 3.13. The number of likely N-dealkylation sites (tertiary alicyclic amines) is 1. The molecule has 88 valence electrons. The molecule has 16 heavy (non-hydrogen) atoms. The predicted molar refractivity (Wildman–Crippen MR) is 56.9 cm³/mol. The number of halogens is 2. The molecular weight excluding hydrogens is 212 g/mol. The molecule has 1 aromatic carbocycles. The minimum atomic E-state index is -0.511. The Kier molecular flexibility index (Phi) is 3.51.